The summed E-state index contributed by atoms with van der Waals surface area (Å²) < 4.78 is 5.25. The molecule has 2 aromatic carbocycles. The number of rotatable bonds is 9. The van der Waals surface area contributed by atoms with E-state index in [1.807, 2.05) is 36.4 Å². The maximum absolute atomic E-state index is 10.0. The molecule has 0 spiro atoms. The van der Waals surface area contributed by atoms with Crippen LogP contribution in [0.1, 0.15) is 16.4 Å². The number of hydrogen-bond donors (Lipinski definition) is 5. The standard InChI is InChI=1S/C20H24O5S2/c1-25-19-10-16(22)15(21)9-14(19)7-8-20(13-5-3-2-4-6-13)27-12-18(24)17(23)11-26/h2-10,17-18,20-24,26H,11-12H2,1H3/b8-7+. The Morgan fingerprint density at radius 2 is 1.74 bits per heavy atom. The molecule has 0 radical (unpaired) electrons. The molecule has 0 heterocycles. The maximum atomic E-state index is 10.0. The minimum atomic E-state index is -0.879. The van der Waals surface area contributed by atoms with Crippen molar-refractivity contribution in [1.29, 1.82) is 0 Å². The number of hydrogen-bond acceptors (Lipinski definition) is 7. The fourth-order valence-corrected chi connectivity index (χ4v) is 3.82. The summed E-state index contributed by atoms with van der Waals surface area (Å²) in [5.74, 6) is 0.485. The zero-order chi connectivity index (χ0) is 19.8. The number of aromatic hydroxyl groups is 2. The van der Waals surface area contributed by atoms with Gasteiger partial charge in [-0.25, -0.2) is 0 Å². The van der Waals surface area contributed by atoms with Crippen molar-refractivity contribution in [3.8, 4) is 17.2 Å². The summed E-state index contributed by atoms with van der Waals surface area (Å²) in [5, 5.41) is 39.0. The third kappa shape index (κ3) is 6.10. The maximum Gasteiger partial charge on any atom is 0.161 e. The molecule has 7 heteroatoms. The van der Waals surface area contributed by atoms with Crippen LogP contribution in [0.25, 0.3) is 6.08 Å². The minimum Gasteiger partial charge on any atom is -0.504 e. The smallest absolute Gasteiger partial charge is 0.161 e. The summed E-state index contributed by atoms with van der Waals surface area (Å²) in [6.07, 6.45) is 1.97. The minimum absolute atomic E-state index is 0.0892. The predicted octanol–water partition coefficient (Wildman–Crippen LogP) is 3.25. The van der Waals surface area contributed by atoms with Crippen molar-refractivity contribution >= 4 is 30.5 Å². The number of thioether (sulfide) groups is 1. The van der Waals surface area contributed by atoms with E-state index in [9.17, 15) is 20.4 Å². The Kier molecular flexibility index (Phi) is 8.37. The number of methoxy groups -OCH3 is 1. The normalized spacial score (nSPS) is 14.8. The van der Waals surface area contributed by atoms with E-state index in [-0.39, 0.29) is 22.5 Å². The van der Waals surface area contributed by atoms with Crippen LogP contribution in [0.5, 0.6) is 17.2 Å². The molecule has 0 amide bonds. The van der Waals surface area contributed by atoms with Gasteiger partial charge in [0.05, 0.1) is 19.3 Å². The average molecular weight is 409 g/mol. The molecule has 5 nitrogen and oxygen atoms in total. The van der Waals surface area contributed by atoms with Gasteiger partial charge in [-0.1, -0.05) is 42.5 Å². The highest BCUT2D eigenvalue weighted by molar-refractivity contribution is 7.99. The van der Waals surface area contributed by atoms with Gasteiger partial charge in [-0.3, -0.25) is 0 Å². The van der Waals surface area contributed by atoms with Gasteiger partial charge in [-0.2, -0.15) is 12.6 Å². The van der Waals surface area contributed by atoms with Crippen LogP contribution in [0.3, 0.4) is 0 Å². The summed E-state index contributed by atoms with van der Waals surface area (Å²) in [7, 11) is 1.49. The van der Waals surface area contributed by atoms with Crippen LogP contribution in [0.4, 0.5) is 0 Å². The average Bonchev–Trinajstić information content (AvgIpc) is 2.69. The second-order valence-corrected chi connectivity index (χ2v) is 7.46. The van der Waals surface area contributed by atoms with Gasteiger partial charge in [0, 0.05) is 28.4 Å². The highest BCUT2D eigenvalue weighted by Gasteiger charge is 2.18. The molecule has 4 N–H and O–H groups in total. The molecule has 0 bridgehead atoms. The van der Waals surface area contributed by atoms with E-state index in [1.54, 1.807) is 6.08 Å². The highest BCUT2D eigenvalue weighted by Crippen LogP contribution is 2.36. The SMILES string of the molecule is COc1cc(O)c(O)cc1/C=C/C(SCC(O)C(O)CS)c1ccccc1. The molecule has 0 aliphatic carbocycles. The Hall–Kier alpha value is -1.80. The van der Waals surface area contributed by atoms with Crippen molar-refractivity contribution in [3.63, 3.8) is 0 Å². The van der Waals surface area contributed by atoms with Gasteiger partial charge in [-0.15, -0.1) is 11.8 Å². The molecule has 3 unspecified atom stereocenters. The van der Waals surface area contributed by atoms with Gasteiger partial charge in [0.25, 0.3) is 0 Å². The lowest BCUT2D eigenvalue weighted by molar-refractivity contribution is 0.0502. The van der Waals surface area contributed by atoms with Crippen molar-refractivity contribution in [3.05, 3.63) is 59.7 Å². The van der Waals surface area contributed by atoms with Crippen LogP contribution in [0.15, 0.2) is 48.5 Å². The van der Waals surface area contributed by atoms with Crippen LogP contribution in [-0.2, 0) is 0 Å². The van der Waals surface area contributed by atoms with E-state index >= 15 is 0 Å². The van der Waals surface area contributed by atoms with Crippen molar-refractivity contribution in [2.45, 2.75) is 17.5 Å². The lowest BCUT2D eigenvalue weighted by atomic mass is 10.1. The van der Waals surface area contributed by atoms with Gasteiger partial charge >= 0.3 is 0 Å². The highest BCUT2D eigenvalue weighted by atomic mass is 32.2. The second kappa shape index (κ2) is 10.5. The van der Waals surface area contributed by atoms with Crippen LogP contribution in [0, 0.1) is 0 Å². The fourth-order valence-electron chi connectivity index (χ4n) is 2.41. The first-order valence-corrected chi connectivity index (χ1v) is 10.1. The number of thiol groups is 1. The van der Waals surface area contributed by atoms with E-state index in [2.05, 4.69) is 12.6 Å². The van der Waals surface area contributed by atoms with E-state index < -0.39 is 12.2 Å². The van der Waals surface area contributed by atoms with Gasteiger partial charge in [-0.05, 0) is 11.6 Å². The predicted molar refractivity (Wildman–Crippen MR) is 113 cm³/mol. The Labute approximate surface area is 168 Å². The number of phenolic OH excluding ortho intramolecular Hbond substituents is 2. The molecule has 0 aromatic heterocycles. The number of aliphatic hydroxyl groups is 2. The first kappa shape index (κ1) is 21.5. The van der Waals surface area contributed by atoms with Gasteiger partial charge in [0.1, 0.15) is 5.75 Å². The summed E-state index contributed by atoms with van der Waals surface area (Å²) >= 11 is 5.49. The van der Waals surface area contributed by atoms with Gasteiger partial charge in [0.2, 0.25) is 0 Å². The number of phenols is 2. The van der Waals surface area contributed by atoms with Crippen molar-refractivity contribution in [2.24, 2.45) is 0 Å². The van der Waals surface area contributed by atoms with Crippen LogP contribution in [0.2, 0.25) is 0 Å². The Morgan fingerprint density at radius 3 is 2.37 bits per heavy atom. The molecule has 3 atom stereocenters. The third-order valence-corrected chi connectivity index (χ3v) is 5.68. The van der Waals surface area contributed by atoms with E-state index in [1.165, 1.54) is 31.0 Å². The topological polar surface area (TPSA) is 90.2 Å². The monoisotopic (exact) mass is 408 g/mol. The van der Waals surface area contributed by atoms with E-state index in [0.29, 0.717) is 17.1 Å². The fraction of sp³-hybridized carbons (Fsp3) is 0.300. The summed E-state index contributed by atoms with van der Waals surface area (Å²) in [5.41, 5.74) is 1.65. The van der Waals surface area contributed by atoms with Crippen molar-refractivity contribution < 1.29 is 25.2 Å². The van der Waals surface area contributed by atoms with Crippen LogP contribution in [-0.4, -0.2) is 51.2 Å². The Bertz CT molecular complexity index is 752. The van der Waals surface area contributed by atoms with Crippen molar-refractivity contribution in [1.82, 2.24) is 0 Å². The van der Waals surface area contributed by atoms with E-state index in [0.717, 1.165) is 5.56 Å². The largest absolute Gasteiger partial charge is 0.504 e. The van der Waals surface area contributed by atoms with Gasteiger partial charge < -0.3 is 25.2 Å². The first-order chi connectivity index (χ1) is 13.0. The summed E-state index contributed by atoms with van der Waals surface area (Å²) in [6, 6.07) is 12.5. The van der Waals surface area contributed by atoms with Crippen LogP contribution < -0.4 is 4.74 Å². The zero-order valence-corrected chi connectivity index (χ0v) is 16.6. The first-order valence-electron chi connectivity index (χ1n) is 8.38. The van der Waals surface area contributed by atoms with Crippen molar-refractivity contribution in [2.75, 3.05) is 18.6 Å². The molecule has 27 heavy (non-hydrogen) atoms. The summed E-state index contributed by atoms with van der Waals surface area (Å²) in [4.78, 5) is 0. The molecule has 0 saturated carbocycles. The van der Waals surface area contributed by atoms with Crippen LogP contribution >= 0.6 is 24.4 Å². The molecule has 2 aromatic rings. The molecular weight excluding hydrogens is 384 g/mol. The van der Waals surface area contributed by atoms with Gasteiger partial charge in [0.15, 0.2) is 11.5 Å². The molecule has 0 aliphatic rings. The lowest BCUT2D eigenvalue weighted by Crippen LogP contribution is -2.29. The summed E-state index contributed by atoms with van der Waals surface area (Å²) in [6.45, 7) is 0. The second-order valence-electron chi connectivity index (χ2n) is 5.92. The molecule has 0 fully saturated rings. The molecule has 146 valence electrons. The number of ether oxygens (including phenoxy) is 1. The molecule has 2 rings (SSSR count). The lowest BCUT2D eigenvalue weighted by Gasteiger charge is -2.19. The zero-order valence-electron chi connectivity index (χ0n) is 14.9. The number of aliphatic hydroxyl groups excluding tert-OH is 2. The van der Waals surface area contributed by atoms with E-state index in [4.69, 9.17) is 4.74 Å². The molecule has 0 saturated heterocycles. The third-order valence-electron chi connectivity index (χ3n) is 3.98. The number of benzene rings is 2. The Balaban J connectivity index is 2.24. The molecule has 0 aliphatic heterocycles. The molecular formula is C20H24O5S2. The Morgan fingerprint density at radius 1 is 1.07 bits per heavy atom. The quantitative estimate of drug-likeness (QED) is 0.323.